The summed E-state index contributed by atoms with van der Waals surface area (Å²) in [4.78, 5) is 2.01. The van der Waals surface area contributed by atoms with Crippen LogP contribution < -0.4 is 0 Å². The monoisotopic (exact) mass is 304 g/mol. The summed E-state index contributed by atoms with van der Waals surface area (Å²) in [6.07, 6.45) is 0.960. The third-order valence-electron chi connectivity index (χ3n) is 2.28. The average molecular weight is 305 g/mol. The maximum absolute atomic E-state index is 4.26. The van der Waals surface area contributed by atoms with E-state index in [0.29, 0.717) is 0 Å². The molecule has 0 spiro atoms. The first-order valence-corrected chi connectivity index (χ1v) is 5.69. The van der Waals surface area contributed by atoms with Gasteiger partial charge in [0.25, 0.3) is 0 Å². The standard InChI is InChI=1S/C13H12S2.2ClH/c14-12-5-1-10(2-6-12)9-11-3-7-13(15)8-4-11;;/h1-8,14-15H,9H2;2*1H. The van der Waals surface area contributed by atoms with Gasteiger partial charge >= 0.3 is 0 Å². The summed E-state index contributed by atoms with van der Waals surface area (Å²) in [5.41, 5.74) is 2.61. The minimum absolute atomic E-state index is 0. The molecule has 2 aromatic rings. The van der Waals surface area contributed by atoms with Gasteiger partial charge in [-0.25, -0.2) is 0 Å². The van der Waals surface area contributed by atoms with Crippen molar-refractivity contribution < 1.29 is 0 Å². The van der Waals surface area contributed by atoms with Crippen LogP contribution >= 0.6 is 50.1 Å². The Bertz CT molecular complexity index is 394. The van der Waals surface area contributed by atoms with E-state index in [9.17, 15) is 0 Å². The number of hydrogen-bond acceptors (Lipinski definition) is 2. The lowest BCUT2D eigenvalue weighted by Crippen LogP contribution is -1.87. The van der Waals surface area contributed by atoms with Gasteiger partial charge in [-0.15, -0.1) is 50.1 Å². The van der Waals surface area contributed by atoms with Crippen molar-refractivity contribution in [3.8, 4) is 0 Å². The van der Waals surface area contributed by atoms with Gasteiger partial charge < -0.3 is 0 Å². The fourth-order valence-corrected chi connectivity index (χ4v) is 1.76. The van der Waals surface area contributed by atoms with Gasteiger partial charge in [0.15, 0.2) is 0 Å². The summed E-state index contributed by atoms with van der Waals surface area (Å²) >= 11 is 8.52. The minimum atomic E-state index is 0. The molecule has 0 saturated heterocycles. The number of thiol groups is 2. The third kappa shape index (κ3) is 5.26. The van der Waals surface area contributed by atoms with Crippen molar-refractivity contribution in [2.24, 2.45) is 0 Å². The largest absolute Gasteiger partial charge is 0.147 e. The Labute approximate surface area is 125 Å². The highest BCUT2D eigenvalue weighted by atomic mass is 35.5. The van der Waals surface area contributed by atoms with Crippen molar-refractivity contribution in [2.75, 3.05) is 0 Å². The van der Waals surface area contributed by atoms with E-state index in [-0.39, 0.29) is 24.8 Å². The smallest absolute Gasteiger partial charge is 0.00401 e. The van der Waals surface area contributed by atoms with Gasteiger partial charge in [-0.1, -0.05) is 24.3 Å². The SMILES string of the molecule is Cl.Cl.Sc1ccc(Cc2ccc(S)cc2)cc1. The Morgan fingerprint density at radius 1 is 0.588 bits per heavy atom. The summed E-state index contributed by atoms with van der Waals surface area (Å²) in [5.74, 6) is 0. The zero-order valence-corrected chi connectivity index (χ0v) is 12.5. The van der Waals surface area contributed by atoms with Crippen molar-refractivity contribution in [2.45, 2.75) is 16.2 Å². The van der Waals surface area contributed by atoms with Gasteiger partial charge in [0.2, 0.25) is 0 Å². The van der Waals surface area contributed by atoms with Gasteiger partial charge in [-0.2, -0.15) is 0 Å². The molecule has 0 aliphatic carbocycles. The molecule has 4 heteroatoms. The van der Waals surface area contributed by atoms with Crippen LogP contribution in [0, 0.1) is 0 Å². The Morgan fingerprint density at radius 3 is 1.18 bits per heavy atom. The van der Waals surface area contributed by atoms with Crippen molar-refractivity contribution >= 4 is 50.1 Å². The van der Waals surface area contributed by atoms with Crippen LogP contribution in [-0.2, 0) is 6.42 Å². The number of rotatable bonds is 2. The van der Waals surface area contributed by atoms with E-state index in [4.69, 9.17) is 0 Å². The highest BCUT2D eigenvalue weighted by Crippen LogP contribution is 2.14. The number of hydrogen-bond donors (Lipinski definition) is 2. The Balaban J connectivity index is 0.00000128. The molecular weight excluding hydrogens is 291 g/mol. The molecule has 0 aromatic heterocycles. The van der Waals surface area contributed by atoms with E-state index in [0.717, 1.165) is 16.2 Å². The molecule has 0 heterocycles. The summed E-state index contributed by atoms with van der Waals surface area (Å²) in [5, 5.41) is 0. The summed E-state index contributed by atoms with van der Waals surface area (Å²) < 4.78 is 0. The van der Waals surface area contributed by atoms with Crippen LogP contribution in [0.2, 0.25) is 0 Å². The molecule has 92 valence electrons. The molecule has 0 amide bonds. The Morgan fingerprint density at radius 2 is 0.882 bits per heavy atom. The van der Waals surface area contributed by atoms with Crippen LogP contribution in [0.1, 0.15) is 11.1 Å². The quantitative estimate of drug-likeness (QED) is 0.738. The van der Waals surface area contributed by atoms with E-state index in [1.165, 1.54) is 11.1 Å². The van der Waals surface area contributed by atoms with Gasteiger partial charge in [0.05, 0.1) is 0 Å². The lowest BCUT2D eigenvalue weighted by atomic mass is 10.1. The van der Waals surface area contributed by atoms with E-state index < -0.39 is 0 Å². The first-order valence-electron chi connectivity index (χ1n) is 4.80. The second-order valence-corrected chi connectivity index (χ2v) is 4.54. The highest BCUT2D eigenvalue weighted by Gasteiger charge is 1.95. The van der Waals surface area contributed by atoms with E-state index in [1.807, 2.05) is 24.3 Å². The van der Waals surface area contributed by atoms with Crippen LogP contribution in [0.15, 0.2) is 58.3 Å². The number of halogens is 2. The normalized spacial score (nSPS) is 9.06. The fourth-order valence-electron chi connectivity index (χ4n) is 1.46. The van der Waals surface area contributed by atoms with Crippen LogP contribution in [0.25, 0.3) is 0 Å². The average Bonchev–Trinajstić information content (AvgIpc) is 2.25. The Hall–Kier alpha value is -0.280. The molecule has 2 aromatic carbocycles. The van der Waals surface area contributed by atoms with Crippen LogP contribution in [0.3, 0.4) is 0 Å². The molecule has 0 bridgehead atoms. The van der Waals surface area contributed by atoms with Crippen LogP contribution in [0.4, 0.5) is 0 Å². The van der Waals surface area contributed by atoms with Crippen molar-refractivity contribution in [3.05, 3.63) is 59.7 Å². The summed E-state index contributed by atoms with van der Waals surface area (Å²) in [6.45, 7) is 0. The van der Waals surface area contributed by atoms with E-state index in [1.54, 1.807) is 0 Å². The number of benzene rings is 2. The molecule has 0 atom stereocenters. The summed E-state index contributed by atoms with van der Waals surface area (Å²) in [6, 6.07) is 16.5. The molecular formula is C13H14Cl2S2. The predicted molar refractivity (Wildman–Crippen MR) is 84.7 cm³/mol. The van der Waals surface area contributed by atoms with Crippen molar-refractivity contribution in [1.29, 1.82) is 0 Å². The highest BCUT2D eigenvalue weighted by molar-refractivity contribution is 7.80. The first kappa shape index (κ1) is 16.7. The van der Waals surface area contributed by atoms with Gasteiger partial charge in [-0.3, -0.25) is 0 Å². The van der Waals surface area contributed by atoms with Gasteiger partial charge in [0, 0.05) is 9.79 Å². The fraction of sp³-hybridized carbons (Fsp3) is 0.0769. The molecule has 0 saturated carbocycles. The lowest BCUT2D eigenvalue weighted by molar-refractivity contribution is 1.17. The molecule has 2 rings (SSSR count). The second-order valence-electron chi connectivity index (χ2n) is 3.51. The Kier molecular flexibility index (Phi) is 7.80. The molecule has 0 aliphatic rings. The topological polar surface area (TPSA) is 0 Å². The third-order valence-corrected chi connectivity index (χ3v) is 2.88. The molecule has 0 fully saturated rings. The molecule has 0 nitrogen and oxygen atoms in total. The van der Waals surface area contributed by atoms with Crippen LogP contribution in [0.5, 0.6) is 0 Å². The molecule has 0 unspecified atom stereocenters. The van der Waals surface area contributed by atoms with Crippen LogP contribution in [-0.4, -0.2) is 0 Å². The second kappa shape index (κ2) is 7.93. The van der Waals surface area contributed by atoms with Crippen molar-refractivity contribution in [1.82, 2.24) is 0 Å². The maximum atomic E-state index is 4.26. The zero-order valence-electron chi connectivity index (χ0n) is 9.04. The van der Waals surface area contributed by atoms with E-state index in [2.05, 4.69) is 49.5 Å². The molecule has 0 aliphatic heterocycles. The molecule has 17 heavy (non-hydrogen) atoms. The zero-order chi connectivity index (χ0) is 10.7. The van der Waals surface area contributed by atoms with Gasteiger partial charge in [0.1, 0.15) is 0 Å². The van der Waals surface area contributed by atoms with Gasteiger partial charge in [-0.05, 0) is 41.8 Å². The molecule has 0 N–H and O–H groups in total. The predicted octanol–water partition coefficient (Wildman–Crippen LogP) is 4.70. The summed E-state index contributed by atoms with van der Waals surface area (Å²) in [7, 11) is 0. The maximum Gasteiger partial charge on any atom is 0.00401 e. The first-order chi connectivity index (χ1) is 7.24. The lowest BCUT2D eigenvalue weighted by Gasteiger charge is -2.02. The molecule has 0 radical (unpaired) electrons. The van der Waals surface area contributed by atoms with E-state index >= 15 is 0 Å². The van der Waals surface area contributed by atoms with Crippen molar-refractivity contribution in [3.63, 3.8) is 0 Å². The minimum Gasteiger partial charge on any atom is -0.147 e.